The number of benzene rings is 1. The third-order valence-electron chi connectivity index (χ3n) is 5.27. The van der Waals surface area contributed by atoms with Crippen LogP contribution in [0, 0.1) is 20.8 Å². The minimum atomic E-state index is -4.48. The Hall–Kier alpha value is -3.95. The van der Waals surface area contributed by atoms with Crippen molar-refractivity contribution in [3.63, 3.8) is 0 Å². The highest BCUT2D eigenvalue weighted by atomic mass is 19.4. The highest BCUT2D eigenvalue weighted by molar-refractivity contribution is 6.02. The predicted octanol–water partition coefficient (Wildman–Crippen LogP) is 4.50. The van der Waals surface area contributed by atoms with Gasteiger partial charge < -0.3 is 9.30 Å². The van der Waals surface area contributed by atoms with Gasteiger partial charge in [0.05, 0.1) is 11.3 Å². The van der Waals surface area contributed by atoms with Gasteiger partial charge in [0.25, 0.3) is 0 Å². The molecule has 170 valence electrons. The van der Waals surface area contributed by atoms with Gasteiger partial charge in [-0.2, -0.15) is 18.3 Å². The molecule has 0 atom stereocenters. The van der Waals surface area contributed by atoms with E-state index in [1.807, 2.05) is 0 Å². The summed E-state index contributed by atoms with van der Waals surface area (Å²) in [5.74, 6) is -1.21. The van der Waals surface area contributed by atoms with E-state index < -0.39 is 30.1 Å². The second-order valence-corrected chi connectivity index (χ2v) is 7.52. The molecule has 3 heterocycles. The van der Waals surface area contributed by atoms with Gasteiger partial charge >= 0.3 is 12.1 Å². The maximum Gasteiger partial charge on any atom is 0.416 e. The summed E-state index contributed by atoms with van der Waals surface area (Å²) in [5, 5.41) is 4.19. The second kappa shape index (κ2) is 8.19. The number of rotatable bonds is 5. The van der Waals surface area contributed by atoms with Crippen molar-refractivity contribution in [2.45, 2.75) is 26.9 Å². The summed E-state index contributed by atoms with van der Waals surface area (Å²) in [6, 6.07) is 8.08. The Morgan fingerprint density at radius 1 is 1.09 bits per heavy atom. The lowest BCUT2D eigenvalue weighted by Gasteiger charge is -2.13. The van der Waals surface area contributed by atoms with E-state index in [2.05, 4.69) is 10.1 Å². The number of ketones is 1. The number of hydrogen-bond donors (Lipinski definition) is 0. The zero-order valence-corrected chi connectivity index (χ0v) is 18.0. The minimum Gasteiger partial charge on any atom is -0.454 e. The molecule has 0 aliphatic rings. The van der Waals surface area contributed by atoms with Crippen molar-refractivity contribution >= 4 is 17.4 Å². The Morgan fingerprint density at radius 3 is 2.58 bits per heavy atom. The number of ether oxygens (including phenoxy) is 1. The van der Waals surface area contributed by atoms with Gasteiger partial charge in [0.15, 0.2) is 12.3 Å². The third kappa shape index (κ3) is 4.11. The van der Waals surface area contributed by atoms with Crippen LogP contribution in [0.1, 0.15) is 43.4 Å². The van der Waals surface area contributed by atoms with E-state index in [0.717, 1.165) is 12.1 Å². The standard InChI is InChI=1S/C23H19F3N4O3/c1-13-10-18(15(3)30(13)17-7-4-6-16(11-17)23(24,25)26)19(31)12-33-22(32)20-14(2)28-29-9-5-8-27-21(20)29/h4-11H,12H2,1-3H3. The fraction of sp³-hybridized carbons (Fsp3) is 0.217. The normalized spacial score (nSPS) is 11.7. The average Bonchev–Trinajstić information content (AvgIpc) is 3.26. The number of carbonyl (C=O) groups excluding carboxylic acids is 2. The summed E-state index contributed by atoms with van der Waals surface area (Å²) in [4.78, 5) is 29.5. The van der Waals surface area contributed by atoms with Gasteiger partial charge in [0.2, 0.25) is 5.78 Å². The number of carbonyl (C=O) groups is 2. The largest absolute Gasteiger partial charge is 0.454 e. The quantitative estimate of drug-likeness (QED) is 0.326. The summed E-state index contributed by atoms with van der Waals surface area (Å²) in [7, 11) is 0. The Morgan fingerprint density at radius 2 is 1.85 bits per heavy atom. The molecule has 1 aromatic carbocycles. The summed E-state index contributed by atoms with van der Waals surface area (Å²) in [5.41, 5.74) is 1.66. The lowest BCUT2D eigenvalue weighted by molar-refractivity contribution is -0.137. The van der Waals surface area contributed by atoms with Crippen LogP contribution >= 0.6 is 0 Å². The lowest BCUT2D eigenvalue weighted by Crippen LogP contribution is -2.15. The topological polar surface area (TPSA) is 78.5 Å². The molecule has 0 aliphatic carbocycles. The molecule has 0 aliphatic heterocycles. The Bertz CT molecular complexity index is 1390. The average molecular weight is 456 g/mol. The third-order valence-corrected chi connectivity index (χ3v) is 5.27. The first kappa shape index (κ1) is 22.3. The molecule has 0 radical (unpaired) electrons. The molecule has 0 bridgehead atoms. The van der Waals surface area contributed by atoms with E-state index in [0.29, 0.717) is 22.7 Å². The molecule has 0 spiro atoms. The van der Waals surface area contributed by atoms with Gasteiger partial charge in [-0.25, -0.2) is 14.3 Å². The highest BCUT2D eigenvalue weighted by Crippen LogP contribution is 2.31. The monoisotopic (exact) mass is 456 g/mol. The number of Topliss-reactive ketones (excluding diaryl/α,β-unsaturated/α-hetero) is 1. The maximum atomic E-state index is 13.1. The molecule has 0 unspecified atom stereocenters. The molecule has 0 fully saturated rings. The number of aromatic nitrogens is 4. The van der Waals surface area contributed by atoms with Crippen molar-refractivity contribution in [1.29, 1.82) is 0 Å². The molecule has 4 rings (SSSR count). The van der Waals surface area contributed by atoms with Crippen LogP contribution in [0.5, 0.6) is 0 Å². The summed E-state index contributed by atoms with van der Waals surface area (Å²) < 4.78 is 47.6. The molecular formula is C23H19F3N4O3. The Balaban J connectivity index is 1.57. The van der Waals surface area contributed by atoms with Crippen molar-refractivity contribution in [3.8, 4) is 5.69 Å². The zero-order valence-electron chi connectivity index (χ0n) is 18.0. The first-order valence-electron chi connectivity index (χ1n) is 9.94. The fourth-order valence-corrected chi connectivity index (χ4v) is 3.78. The Labute approximate surface area is 186 Å². The van der Waals surface area contributed by atoms with Crippen molar-refractivity contribution in [3.05, 3.63) is 82.6 Å². The van der Waals surface area contributed by atoms with E-state index in [1.165, 1.54) is 22.8 Å². The van der Waals surface area contributed by atoms with Crippen molar-refractivity contribution < 1.29 is 27.5 Å². The van der Waals surface area contributed by atoms with Crippen LogP contribution in [0.3, 0.4) is 0 Å². The summed E-state index contributed by atoms with van der Waals surface area (Å²) >= 11 is 0. The predicted molar refractivity (Wildman–Crippen MR) is 113 cm³/mol. The van der Waals surface area contributed by atoms with E-state index in [9.17, 15) is 22.8 Å². The van der Waals surface area contributed by atoms with E-state index >= 15 is 0 Å². The molecule has 0 saturated carbocycles. The first-order chi connectivity index (χ1) is 15.6. The van der Waals surface area contributed by atoms with Crippen molar-refractivity contribution in [2.24, 2.45) is 0 Å². The lowest BCUT2D eigenvalue weighted by atomic mass is 10.1. The van der Waals surface area contributed by atoms with Gasteiger partial charge in [0, 0.05) is 35.0 Å². The number of halogens is 3. The second-order valence-electron chi connectivity index (χ2n) is 7.52. The van der Waals surface area contributed by atoms with Gasteiger partial charge in [-0.05, 0) is 51.1 Å². The van der Waals surface area contributed by atoms with Crippen LogP contribution in [0.25, 0.3) is 11.3 Å². The Kier molecular flexibility index (Phi) is 5.52. The van der Waals surface area contributed by atoms with Crippen LogP contribution in [0.2, 0.25) is 0 Å². The highest BCUT2D eigenvalue weighted by Gasteiger charge is 2.31. The van der Waals surface area contributed by atoms with Crippen LogP contribution in [0.4, 0.5) is 13.2 Å². The number of alkyl halides is 3. The van der Waals surface area contributed by atoms with Gasteiger partial charge in [0.1, 0.15) is 5.56 Å². The number of hydrogen-bond acceptors (Lipinski definition) is 5. The van der Waals surface area contributed by atoms with Crippen LogP contribution in [-0.2, 0) is 10.9 Å². The first-order valence-corrected chi connectivity index (χ1v) is 9.94. The minimum absolute atomic E-state index is 0.165. The van der Waals surface area contributed by atoms with Gasteiger partial charge in [-0.3, -0.25) is 4.79 Å². The smallest absolute Gasteiger partial charge is 0.416 e. The molecule has 7 nitrogen and oxygen atoms in total. The number of esters is 1. The van der Waals surface area contributed by atoms with Crippen LogP contribution in [0.15, 0.2) is 48.8 Å². The molecular weight excluding hydrogens is 437 g/mol. The number of aryl methyl sites for hydroxylation is 2. The van der Waals surface area contributed by atoms with E-state index in [1.54, 1.807) is 43.7 Å². The summed E-state index contributed by atoms with van der Waals surface area (Å²) in [6.07, 6.45) is -1.33. The number of fused-ring (bicyclic) bond motifs is 1. The molecule has 4 aromatic rings. The fourth-order valence-electron chi connectivity index (χ4n) is 3.78. The molecule has 3 aromatic heterocycles. The summed E-state index contributed by atoms with van der Waals surface area (Å²) in [6.45, 7) is 4.41. The zero-order chi connectivity index (χ0) is 23.9. The van der Waals surface area contributed by atoms with Gasteiger partial charge in [-0.15, -0.1) is 0 Å². The maximum absolute atomic E-state index is 13.1. The molecule has 0 N–H and O–H groups in total. The van der Waals surface area contributed by atoms with Crippen molar-refractivity contribution in [1.82, 2.24) is 19.2 Å². The SMILES string of the molecule is Cc1nn2cccnc2c1C(=O)OCC(=O)c1cc(C)n(-c2cccc(C(F)(F)F)c2)c1C. The molecule has 0 saturated heterocycles. The molecule has 0 amide bonds. The molecule has 10 heteroatoms. The van der Waals surface area contributed by atoms with Gasteiger partial charge in [-0.1, -0.05) is 6.07 Å². The van der Waals surface area contributed by atoms with Crippen molar-refractivity contribution in [2.75, 3.05) is 6.61 Å². The van der Waals surface area contributed by atoms with Crippen LogP contribution in [-0.4, -0.2) is 37.5 Å². The number of nitrogens with zero attached hydrogens (tertiary/aromatic N) is 4. The molecule has 33 heavy (non-hydrogen) atoms. The van der Waals surface area contributed by atoms with Crippen LogP contribution < -0.4 is 0 Å². The van der Waals surface area contributed by atoms with E-state index in [4.69, 9.17) is 4.74 Å². The van der Waals surface area contributed by atoms with E-state index in [-0.39, 0.29) is 16.8 Å².